The maximum absolute atomic E-state index is 14.3. The maximum Gasteiger partial charge on any atom is 0.341 e. The first-order chi connectivity index (χ1) is 34.7. The summed E-state index contributed by atoms with van der Waals surface area (Å²) in [7, 11) is 1.17. The number of esters is 1. The fourth-order valence-electron chi connectivity index (χ4n) is 7.66. The van der Waals surface area contributed by atoms with Gasteiger partial charge in [0, 0.05) is 56.9 Å². The molecule has 5 N–H and O–H groups in total. The van der Waals surface area contributed by atoms with Gasteiger partial charge in [-0.3, -0.25) is 24.5 Å². The predicted octanol–water partition coefficient (Wildman–Crippen LogP) is 7.66. The van der Waals surface area contributed by atoms with E-state index in [1.54, 1.807) is 50.2 Å². The number of carboxylic acid groups (broad SMARTS) is 2. The zero-order chi connectivity index (χ0) is 51.2. The van der Waals surface area contributed by atoms with Crippen LogP contribution in [0.4, 0.5) is 22.7 Å². The molecule has 0 fully saturated rings. The number of anilines is 3. The SMILES string of the molecule is CCOc1cc(C(=O)Nc2cccc3c(OCC(=O)O)cc(C(=O)OC)cc23)nc2c(NC(=O)c3cc(OCC(=O)O)c4cccc(NC(=O)c5cc(OCC)c6cccc([N+](=O)[O-])c6n5)c4n3)cccc12. The van der Waals surface area contributed by atoms with Gasteiger partial charge in [-0.2, -0.15) is 0 Å². The molecular weight excluding hydrogens is 939 g/mol. The number of hydrogen-bond donors (Lipinski definition) is 5. The molecule has 0 radical (unpaired) electrons. The minimum absolute atomic E-state index is 0.0159. The molecular formula is C50H39N7O15. The number of methoxy groups -OCH3 is 1. The Hall–Kier alpha value is -9.99. The molecule has 22 nitrogen and oxygen atoms in total. The Kier molecular flexibility index (Phi) is 13.9. The second-order valence-electron chi connectivity index (χ2n) is 15.3. The van der Waals surface area contributed by atoms with Gasteiger partial charge in [-0.1, -0.05) is 30.3 Å². The summed E-state index contributed by atoms with van der Waals surface area (Å²) in [6.45, 7) is 2.23. The number of carbonyl (C=O) groups excluding carboxylic acids is 4. The normalized spacial score (nSPS) is 10.9. The number of rotatable bonds is 18. The van der Waals surface area contributed by atoms with E-state index < -0.39 is 53.8 Å². The molecule has 0 bridgehead atoms. The lowest BCUT2D eigenvalue weighted by molar-refractivity contribution is -0.383. The minimum Gasteiger partial charge on any atom is -0.493 e. The molecule has 0 aliphatic heterocycles. The van der Waals surface area contributed by atoms with E-state index in [9.17, 15) is 49.1 Å². The molecule has 3 heterocycles. The largest absolute Gasteiger partial charge is 0.493 e. The molecule has 8 rings (SSSR count). The van der Waals surface area contributed by atoms with E-state index >= 15 is 0 Å². The van der Waals surface area contributed by atoms with Crippen molar-refractivity contribution in [1.29, 1.82) is 0 Å². The van der Waals surface area contributed by atoms with Crippen molar-refractivity contribution in [2.45, 2.75) is 13.8 Å². The lowest BCUT2D eigenvalue weighted by Crippen LogP contribution is -2.18. The van der Waals surface area contributed by atoms with Gasteiger partial charge in [0.05, 0.1) is 53.2 Å². The van der Waals surface area contributed by atoms with Crippen LogP contribution in [0.1, 0.15) is 55.7 Å². The highest BCUT2D eigenvalue weighted by Crippen LogP contribution is 2.37. The maximum atomic E-state index is 14.3. The number of pyridine rings is 3. The highest BCUT2D eigenvalue weighted by atomic mass is 16.6. The third kappa shape index (κ3) is 10.1. The number of para-hydroxylation sites is 3. The van der Waals surface area contributed by atoms with Crippen LogP contribution < -0.4 is 34.9 Å². The molecule has 364 valence electrons. The van der Waals surface area contributed by atoms with E-state index in [0.29, 0.717) is 21.5 Å². The van der Waals surface area contributed by atoms with Crippen molar-refractivity contribution < 1.29 is 67.6 Å². The van der Waals surface area contributed by atoms with Gasteiger partial charge < -0.3 is 49.8 Å². The Labute approximate surface area is 405 Å². The molecule has 0 saturated heterocycles. The summed E-state index contributed by atoms with van der Waals surface area (Å²) in [5, 5.41) is 40.6. The summed E-state index contributed by atoms with van der Waals surface area (Å²) >= 11 is 0. The molecule has 0 aliphatic carbocycles. The van der Waals surface area contributed by atoms with Gasteiger partial charge in [0.15, 0.2) is 18.7 Å². The van der Waals surface area contributed by atoms with Crippen LogP contribution in [0.15, 0.2) is 103 Å². The number of non-ortho nitro benzene ring substituents is 1. The summed E-state index contributed by atoms with van der Waals surface area (Å²) in [5.74, 6) is -5.44. The van der Waals surface area contributed by atoms with Crippen molar-refractivity contribution >= 4 is 102 Å². The summed E-state index contributed by atoms with van der Waals surface area (Å²) in [5.41, 5.74) is -0.796. The fraction of sp³-hybridized carbons (Fsp3) is 0.140. The van der Waals surface area contributed by atoms with E-state index in [4.69, 9.17) is 23.7 Å². The third-order valence-corrected chi connectivity index (χ3v) is 10.7. The topological polar surface area (TPSA) is 307 Å². The van der Waals surface area contributed by atoms with Crippen LogP contribution in [0.25, 0.3) is 43.5 Å². The Morgan fingerprint density at radius 3 is 1.39 bits per heavy atom. The van der Waals surface area contributed by atoms with E-state index in [0.717, 1.165) is 0 Å². The number of nitro groups is 1. The number of amides is 3. The number of fused-ring (bicyclic) bond motifs is 4. The molecule has 0 atom stereocenters. The van der Waals surface area contributed by atoms with E-state index in [-0.39, 0.29) is 104 Å². The number of aliphatic carboxylic acids is 2. The number of hydrogen-bond acceptors (Lipinski definition) is 16. The number of carboxylic acids is 2. The van der Waals surface area contributed by atoms with Crippen molar-refractivity contribution in [2.75, 3.05) is 49.5 Å². The van der Waals surface area contributed by atoms with Crippen molar-refractivity contribution in [3.05, 3.63) is 136 Å². The van der Waals surface area contributed by atoms with E-state index in [1.165, 1.54) is 73.8 Å². The molecule has 5 aromatic carbocycles. The summed E-state index contributed by atoms with van der Waals surface area (Å²) in [6.07, 6.45) is 0. The highest BCUT2D eigenvalue weighted by molar-refractivity contribution is 6.15. The fourth-order valence-corrected chi connectivity index (χ4v) is 7.66. The van der Waals surface area contributed by atoms with Crippen LogP contribution in [0, 0.1) is 10.1 Å². The highest BCUT2D eigenvalue weighted by Gasteiger charge is 2.24. The van der Waals surface area contributed by atoms with Crippen LogP contribution in [0.3, 0.4) is 0 Å². The lowest BCUT2D eigenvalue weighted by atomic mass is 10.0. The summed E-state index contributed by atoms with van der Waals surface area (Å²) in [4.78, 5) is 103. The van der Waals surface area contributed by atoms with Crippen LogP contribution >= 0.6 is 0 Å². The molecule has 0 aliphatic rings. The predicted molar refractivity (Wildman–Crippen MR) is 260 cm³/mol. The summed E-state index contributed by atoms with van der Waals surface area (Å²) in [6, 6.07) is 25.0. The monoisotopic (exact) mass is 977 g/mol. The zero-order valence-corrected chi connectivity index (χ0v) is 38.1. The Morgan fingerprint density at radius 1 is 0.528 bits per heavy atom. The number of aromatic nitrogens is 3. The second kappa shape index (κ2) is 20.7. The average Bonchev–Trinajstić information content (AvgIpc) is 3.36. The third-order valence-electron chi connectivity index (χ3n) is 10.7. The number of nitrogens with zero attached hydrogens (tertiary/aromatic N) is 4. The van der Waals surface area contributed by atoms with Gasteiger partial charge in [0.25, 0.3) is 23.4 Å². The van der Waals surface area contributed by atoms with Crippen LogP contribution in [-0.2, 0) is 14.3 Å². The number of carbonyl (C=O) groups is 6. The first-order valence-corrected chi connectivity index (χ1v) is 21.7. The Morgan fingerprint density at radius 2 is 0.931 bits per heavy atom. The summed E-state index contributed by atoms with van der Waals surface area (Å²) < 4.78 is 27.7. The standard InChI is InChI=1S/C50H39N7O15/c1-4-69-39-20-34(47(62)54-31-14-6-10-26-30(31)18-25(50(65)68-3)19-38(26)71-23-42(58)59)51-44-27(39)11-7-15-32(44)55-48(63)35-22-41(72-24-43(60)61)28-12-8-16-33(45(28)52-35)56-49(64)36-21-40(70-5-2)29-13-9-17-37(57(66)67)46(29)53-36/h6-22H,4-5,23-24H2,1-3H3,(H,54,62)(H,55,63)(H,56,64)(H,58,59)(H,60,61). The Balaban J connectivity index is 1.16. The van der Waals surface area contributed by atoms with Gasteiger partial charge in [-0.15, -0.1) is 0 Å². The van der Waals surface area contributed by atoms with Gasteiger partial charge in [-0.25, -0.2) is 29.3 Å². The van der Waals surface area contributed by atoms with Gasteiger partial charge in [0.2, 0.25) is 0 Å². The zero-order valence-electron chi connectivity index (χ0n) is 38.1. The van der Waals surface area contributed by atoms with Gasteiger partial charge in [0.1, 0.15) is 40.1 Å². The number of nitrogens with one attached hydrogen (secondary N) is 3. The van der Waals surface area contributed by atoms with Crippen molar-refractivity contribution in [3.63, 3.8) is 0 Å². The van der Waals surface area contributed by atoms with Crippen LogP contribution in [0.5, 0.6) is 23.0 Å². The number of ether oxygens (including phenoxy) is 5. The van der Waals surface area contributed by atoms with Crippen molar-refractivity contribution in [2.24, 2.45) is 0 Å². The smallest absolute Gasteiger partial charge is 0.341 e. The Bertz CT molecular complexity index is 3570. The molecule has 0 saturated carbocycles. The first kappa shape index (κ1) is 48.5. The van der Waals surface area contributed by atoms with Crippen LogP contribution in [-0.4, -0.2) is 99.3 Å². The van der Waals surface area contributed by atoms with E-state index in [2.05, 4.69) is 30.9 Å². The molecule has 72 heavy (non-hydrogen) atoms. The van der Waals surface area contributed by atoms with Crippen molar-refractivity contribution in [3.8, 4) is 23.0 Å². The second-order valence-corrected chi connectivity index (χ2v) is 15.3. The quantitative estimate of drug-likeness (QED) is 0.0313. The number of benzene rings is 5. The molecule has 8 aromatic rings. The minimum atomic E-state index is -1.33. The number of nitro benzene ring substituents is 1. The molecule has 0 spiro atoms. The average molecular weight is 978 g/mol. The lowest BCUT2D eigenvalue weighted by Gasteiger charge is -2.16. The molecule has 22 heteroatoms. The van der Waals surface area contributed by atoms with Gasteiger partial charge in [-0.05, 0) is 62.4 Å². The van der Waals surface area contributed by atoms with Crippen LogP contribution in [0.2, 0.25) is 0 Å². The van der Waals surface area contributed by atoms with Crippen molar-refractivity contribution in [1.82, 2.24) is 15.0 Å². The molecule has 0 unspecified atom stereocenters. The molecule has 3 amide bonds. The van der Waals surface area contributed by atoms with Gasteiger partial charge >= 0.3 is 17.9 Å². The molecule has 3 aromatic heterocycles. The van der Waals surface area contributed by atoms with E-state index in [1.807, 2.05) is 0 Å². The first-order valence-electron chi connectivity index (χ1n) is 21.7.